The molecule has 35 heavy (non-hydrogen) atoms. The molecular weight excluding hydrogens is 530 g/mol. The van der Waals surface area contributed by atoms with Crippen LogP contribution < -0.4 is 20.7 Å². The van der Waals surface area contributed by atoms with E-state index < -0.39 is 0 Å². The molecular formula is C26H28BrN3O4S. The van der Waals surface area contributed by atoms with Crippen LogP contribution >= 0.6 is 28.1 Å². The van der Waals surface area contributed by atoms with E-state index in [1.807, 2.05) is 0 Å². The standard InChI is InChI=1S/C26H28BrN3O4S/c1-2-3-4-5-14-34-23-13-10-19(16-22(23)27)25(32)30-26(35)29-20-11-8-18(9-12-20)24(31)28-17-21-7-6-15-33-21/h6-13,15-16H,2-5,14,17H2,1H3,(H,28,31)(H2,29,30,32,35). The molecule has 0 atom stereocenters. The zero-order chi connectivity index (χ0) is 25.0. The van der Waals surface area contributed by atoms with E-state index in [2.05, 4.69) is 38.8 Å². The Morgan fingerprint density at radius 1 is 1.00 bits per heavy atom. The Morgan fingerprint density at radius 3 is 2.46 bits per heavy atom. The Bertz CT molecular complexity index is 1130. The Balaban J connectivity index is 1.46. The maximum atomic E-state index is 12.6. The second kappa shape index (κ2) is 13.7. The molecule has 9 heteroatoms. The van der Waals surface area contributed by atoms with Crippen molar-refractivity contribution in [1.29, 1.82) is 0 Å². The molecule has 0 aliphatic heterocycles. The third-order valence-corrected chi connectivity index (χ3v) is 5.91. The van der Waals surface area contributed by atoms with E-state index in [1.54, 1.807) is 60.9 Å². The Kier molecular flexibility index (Phi) is 10.3. The molecule has 7 nitrogen and oxygen atoms in total. The van der Waals surface area contributed by atoms with Crippen LogP contribution in [-0.4, -0.2) is 23.5 Å². The second-order valence-corrected chi connectivity index (χ2v) is 9.06. The van der Waals surface area contributed by atoms with E-state index in [0.29, 0.717) is 45.9 Å². The van der Waals surface area contributed by atoms with Crippen molar-refractivity contribution < 1.29 is 18.7 Å². The highest BCUT2D eigenvalue weighted by molar-refractivity contribution is 9.10. The van der Waals surface area contributed by atoms with Crippen LogP contribution in [0, 0.1) is 0 Å². The summed E-state index contributed by atoms with van der Waals surface area (Å²) in [6.45, 7) is 3.12. The lowest BCUT2D eigenvalue weighted by molar-refractivity contribution is 0.0946. The summed E-state index contributed by atoms with van der Waals surface area (Å²) < 4.78 is 11.7. The van der Waals surface area contributed by atoms with Crippen LogP contribution in [-0.2, 0) is 6.54 Å². The summed E-state index contributed by atoms with van der Waals surface area (Å²) in [5.41, 5.74) is 1.59. The highest BCUT2D eigenvalue weighted by Gasteiger charge is 2.12. The predicted molar refractivity (Wildman–Crippen MR) is 144 cm³/mol. The van der Waals surface area contributed by atoms with Crippen molar-refractivity contribution in [1.82, 2.24) is 10.6 Å². The molecule has 0 radical (unpaired) electrons. The van der Waals surface area contributed by atoms with Gasteiger partial charge in [0.05, 0.1) is 23.9 Å². The average molecular weight is 558 g/mol. The number of ether oxygens (including phenoxy) is 1. The molecule has 0 bridgehead atoms. The van der Waals surface area contributed by atoms with Gasteiger partial charge in [-0.25, -0.2) is 0 Å². The summed E-state index contributed by atoms with van der Waals surface area (Å²) >= 11 is 8.73. The fourth-order valence-electron chi connectivity index (χ4n) is 3.20. The molecule has 184 valence electrons. The van der Waals surface area contributed by atoms with Crippen molar-refractivity contribution >= 4 is 50.8 Å². The van der Waals surface area contributed by atoms with Gasteiger partial charge in [0.25, 0.3) is 11.8 Å². The zero-order valence-electron chi connectivity index (χ0n) is 19.4. The summed E-state index contributed by atoms with van der Waals surface area (Å²) in [5, 5.41) is 8.55. The van der Waals surface area contributed by atoms with E-state index in [4.69, 9.17) is 21.4 Å². The van der Waals surface area contributed by atoms with Gasteiger partial charge in [-0.1, -0.05) is 26.2 Å². The number of benzene rings is 2. The van der Waals surface area contributed by atoms with Gasteiger partial charge in [-0.3, -0.25) is 14.9 Å². The number of anilines is 1. The van der Waals surface area contributed by atoms with E-state index in [0.717, 1.165) is 12.8 Å². The lowest BCUT2D eigenvalue weighted by Gasteiger charge is -2.12. The van der Waals surface area contributed by atoms with Crippen molar-refractivity contribution in [2.45, 2.75) is 39.2 Å². The summed E-state index contributed by atoms with van der Waals surface area (Å²) in [7, 11) is 0. The number of halogens is 1. The van der Waals surface area contributed by atoms with E-state index in [9.17, 15) is 9.59 Å². The van der Waals surface area contributed by atoms with Crippen molar-refractivity contribution in [3.05, 3.63) is 82.2 Å². The fraction of sp³-hybridized carbons (Fsp3) is 0.269. The third kappa shape index (κ3) is 8.52. The molecule has 3 N–H and O–H groups in total. The molecule has 1 heterocycles. The van der Waals surface area contributed by atoms with Gasteiger partial charge in [0.2, 0.25) is 0 Å². The molecule has 0 fully saturated rings. The van der Waals surface area contributed by atoms with Gasteiger partial charge in [-0.05, 0) is 89.2 Å². The first-order chi connectivity index (χ1) is 17.0. The average Bonchev–Trinajstić information content (AvgIpc) is 3.37. The maximum absolute atomic E-state index is 12.6. The second-order valence-electron chi connectivity index (χ2n) is 7.80. The molecule has 1 aromatic heterocycles. The highest BCUT2D eigenvalue weighted by Crippen LogP contribution is 2.26. The third-order valence-electron chi connectivity index (χ3n) is 5.08. The number of carbonyl (C=O) groups excluding carboxylic acids is 2. The minimum atomic E-state index is -0.341. The van der Waals surface area contributed by atoms with Crippen molar-refractivity contribution in [3.63, 3.8) is 0 Å². The van der Waals surface area contributed by atoms with Crippen LogP contribution in [0.15, 0.2) is 69.8 Å². The molecule has 0 aliphatic rings. The molecule has 0 unspecified atom stereocenters. The number of hydrogen-bond acceptors (Lipinski definition) is 5. The lowest BCUT2D eigenvalue weighted by atomic mass is 10.2. The number of carbonyl (C=O) groups is 2. The van der Waals surface area contributed by atoms with Gasteiger partial charge in [-0.2, -0.15) is 0 Å². The number of rotatable bonds is 11. The van der Waals surface area contributed by atoms with Crippen molar-refractivity contribution in [2.75, 3.05) is 11.9 Å². The molecule has 3 aromatic rings. The monoisotopic (exact) mass is 557 g/mol. The number of thiocarbonyl (C=S) groups is 1. The van der Waals surface area contributed by atoms with Crippen LogP contribution in [0.4, 0.5) is 5.69 Å². The van der Waals surface area contributed by atoms with Crippen LogP contribution in [0.3, 0.4) is 0 Å². The first kappa shape index (κ1) is 26.4. The van der Waals surface area contributed by atoms with Gasteiger partial charge in [0, 0.05) is 16.8 Å². The fourth-order valence-corrected chi connectivity index (χ4v) is 3.90. The molecule has 2 aromatic carbocycles. The van der Waals surface area contributed by atoms with Crippen LogP contribution in [0.5, 0.6) is 5.75 Å². The van der Waals surface area contributed by atoms with Crippen LogP contribution in [0.25, 0.3) is 0 Å². The lowest BCUT2D eigenvalue weighted by Crippen LogP contribution is -2.34. The summed E-state index contributed by atoms with van der Waals surface area (Å²) in [5.74, 6) is 0.816. The Labute approximate surface area is 218 Å². The van der Waals surface area contributed by atoms with E-state index >= 15 is 0 Å². The molecule has 0 saturated carbocycles. The molecule has 3 rings (SSSR count). The molecule has 2 amide bonds. The minimum absolute atomic E-state index is 0.150. The number of nitrogens with one attached hydrogen (secondary N) is 3. The zero-order valence-corrected chi connectivity index (χ0v) is 21.8. The number of amides is 2. The van der Waals surface area contributed by atoms with Gasteiger partial charge >= 0.3 is 0 Å². The quantitative estimate of drug-likeness (QED) is 0.196. The Morgan fingerprint density at radius 2 is 1.77 bits per heavy atom. The topological polar surface area (TPSA) is 92.6 Å². The maximum Gasteiger partial charge on any atom is 0.257 e. The van der Waals surface area contributed by atoms with Gasteiger partial charge in [0.1, 0.15) is 11.5 Å². The highest BCUT2D eigenvalue weighted by atomic mass is 79.9. The smallest absolute Gasteiger partial charge is 0.257 e. The molecule has 0 spiro atoms. The van der Waals surface area contributed by atoms with Gasteiger partial charge < -0.3 is 19.8 Å². The number of furan rings is 1. The van der Waals surface area contributed by atoms with Gasteiger partial charge in [0.15, 0.2) is 5.11 Å². The SMILES string of the molecule is CCCCCCOc1ccc(C(=O)NC(=S)Nc2ccc(C(=O)NCc3ccco3)cc2)cc1Br. The number of hydrogen-bond donors (Lipinski definition) is 3. The van der Waals surface area contributed by atoms with E-state index in [-0.39, 0.29) is 16.9 Å². The summed E-state index contributed by atoms with van der Waals surface area (Å²) in [6.07, 6.45) is 6.07. The molecule has 0 saturated heterocycles. The number of unbranched alkanes of at least 4 members (excludes halogenated alkanes) is 3. The molecule has 0 aliphatic carbocycles. The van der Waals surface area contributed by atoms with Crippen LogP contribution in [0.1, 0.15) is 59.1 Å². The first-order valence-corrected chi connectivity index (χ1v) is 12.6. The van der Waals surface area contributed by atoms with Gasteiger partial charge in [-0.15, -0.1) is 0 Å². The van der Waals surface area contributed by atoms with Crippen LogP contribution in [0.2, 0.25) is 0 Å². The van der Waals surface area contributed by atoms with E-state index in [1.165, 1.54) is 12.8 Å². The normalized spacial score (nSPS) is 10.5. The Hall–Kier alpha value is -3.17. The van der Waals surface area contributed by atoms with Crippen molar-refractivity contribution in [2.24, 2.45) is 0 Å². The first-order valence-electron chi connectivity index (χ1n) is 11.4. The summed E-state index contributed by atoms with van der Waals surface area (Å²) in [4.78, 5) is 24.9. The van der Waals surface area contributed by atoms with Crippen molar-refractivity contribution in [3.8, 4) is 5.75 Å². The minimum Gasteiger partial charge on any atom is -0.492 e. The summed E-state index contributed by atoms with van der Waals surface area (Å²) in [6, 6.07) is 15.5. The largest absolute Gasteiger partial charge is 0.492 e. The predicted octanol–water partition coefficient (Wildman–Crippen LogP) is 6.06.